The van der Waals surface area contributed by atoms with Gasteiger partial charge in [-0.15, -0.1) is 0 Å². The zero-order valence-corrected chi connectivity index (χ0v) is 10.7. The highest BCUT2D eigenvalue weighted by atomic mass is 16.5. The molecule has 0 radical (unpaired) electrons. The molecule has 20 heavy (non-hydrogen) atoms. The summed E-state index contributed by atoms with van der Waals surface area (Å²) in [7, 11) is 1.57. The van der Waals surface area contributed by atoms with E-state index in [-0.39, 0.29) is 5.56 Å². The minimum atomic E-state index is -0.998. The first-order valence-electron chi connectivity index (χ1n) is 5.96. The summed E-state index contributed by atoms with van der Waals surface area (Å²) in [6.45, 7) is 0. The van der Waals surface area contributed by atoms with Crippen LogP contribution < -0.4 is 4.74 Å². The van der Waals surface area contributed by atoms with E-state index in [1.54, 1.807) is 13.2 Å². The number of ether oxygens (including phenoxy) is 1. The first kappa shape index (κ1) is 12.2. The number of methoxy groups -OCH3 is 1. The molecule has 0 bridgehead atoms. The normalized spacial score (nSPS) is 10.7. The molecule has 0 unspecified atom stereocenters. The number of benzene rings is 2. The first-order chi connectivity index (χ1) is 9.69. The van der Waals surface area contributed by atoms with Crippen molar-refractivity contribution in [3.05, 3.63) is 48.0 Å². The van der Waals surface area contributed by atoms with Crippen LogP contribution in [0.2, 0.25) is 0 Å². The van der Waals surface area contributed by atoms with E-state index >= 15 is 0 Å². The molecule has 0 spiro atoms. The summed E-state index contributed by atoms with van der Waals surface area (Å²) in [5.41, 5.74) is 1.94. The van der Waals surface area contributed by atoms with Gasteiger partial charge in [0.25, 0.3) is 0 Å². The maximum atomic E-state index is 10.9. The van der Waals surface area contributed by atoms with E-state index in [1.165, 1.54) is 12.1 Å². The summed E-state index contributed by atoms with van der Waals surface area (Å²) in [5, 5.41) is 8.97. The van der Waals surface area contributed by atoms with Crippen molar-refractivity contribution in [2.45, 2.75) is 0 Å². The second kappa shape index (κ2) is 4.70. The molecule has 3 aromatic rings. The number of carbonyl (C=O) groups is 1. The van der Waals surface area contributed by atoms with Gasteiger partial charge in [0, 0.05) is 0 Å². The van der Waals surface area contributed by atoms with Crippen LogP contribution in [-0.4, -0.2) is 23.2 Å². The number of para-hydroxylation sites is 1. The lowest BCUT2D eigenvalue weighted by molar-refractivity contribution is 0.0697. The zero-order chi connectivity index (χ0) is 14.1. The second-order valence-corrected chi connectivity index (χ2v) is 4.21. The fourth-order valence-electron chi connectivity index (χ4n) is 1.99. The number of rotatable bonds is 3. The van der Waals surface area contributed by atoms with E-state index < -0.39 is 5.97 Å². The van der Waals surface area contributed by atoms with Crippen molar-refractivity contribution < 1.29 is 19.1 Å². The number of hydrogen-bond acceptors (Lipinski definition) is 4. The third kappa shape index (κ3) is 1.99. The van der Waals surface area contributed by atoms with Gasteiger partial charge in [-0.05, 0) is 30.3 Å². The Kier molecular flexibility index (Phi) is 2.87. The molecular weight excluding hydrogens is 258 g/mol. The lowest BCUT2D eigenvalue weighted by Crippen LogP contribution is -1.94. The van der Waals surface area contributed by atoms with Crippen molar-refractivity contribution in [1.82, 2.24) is 4.98 Å². The molecule has 0 saturated carbocycles. The number of aromatic carboxylic acids is 1. The summed E-state index contributed by atoms with van der Waals surface area (Å²) >= 11 is 0. The Labute approximate surface area is 114 Å². The Balaban J connectivity index is 2.15. The second-order valence-electron chi connectivity index (χ2n) is 4.21. The van der Waals surface area contributed by atoms with Crippen molar-refractivity contribution in [3.8, 4) is 17.2 Å². The predicted molar refractivity (Wildman–Crippen MR) is 73.0 cm³/mol. The molecule has 5 nitrogen and oxygen atoms in total. The molecule has 2 aromatic carbocycles. The average molecular weight is 269 g/mol. The summed E-state index contributed by atoms with van der Waals surface area (Å²) in [5.74, 6) is 0.0552. The molecule has 0 aliphatic rings. The van der Waals surface area contributed by atoms with Crippen LogP contribution in [0.1, 0.15) is 10.4 Å². The third-order valence-electron chi connectivity index (χ3n) is 2.97. The lowest BCUT2D eigenvalue weighted by atomic mass is 10.2. The van der Waals surface area contributed by atoms with Gasteiger partial charge in [-0.3, -0.25) is 0 Å². The van der Waals surface area contributed by atoms with Crippen LogP contribution in [-0.2, 0) is 0 Å². The van der Waals surface area contributed by atoms with E-state index in [0.717, 1.165) is 5.56 Å². The fraction of sp³-hybridized carbons (Fsp3) is 0.0667. The average Bonchev–Trinajstić information content (AvgIpc) is 2.89. The first-order valence-corrected chi connectivity index (χ1v) is 5.96. The van der Waals surface area contributed by atoms with Crippen LogP contribution in [0.5, 0.6) is 5.75 Å². The molecule has 0 fully saturated rings. The van der Waals surface area contributed by atoms with Gasteiger partial charge >= 0.3 is 5.97 Å². The number of hydrogen-bond donors (Lipinski definition) is 1. The van der Waals surface area contributed by atoms with Crippen LogP contribution >= 0.6 is 0 Å². The van der Waals surface area contributed by atoms with Gasteiger partial charge in [0.2, 0.25) is 5.89 Å². The summed E-state index contributed by atoms with van der Waals surface area (Å²) in [4.78, 5) is 15.3. The van der Waals surface area contributed by atoms with E-state index in [0.29, 0.717) is 22.7 Å². The van der Waals surface area contributed by atoms with Gasteiger partial charge in [-0.2, -0.15) is 0 Å². The highest BCUT2D eigenvalue weighted by molar-refractivity contribution is 5.92. The molecule has 0 amide bonds. The van der Waals surface area contributed by atoms with Crippen molar-refractivity contribution in [2.24, 2.45) is 0 Å². The zero-order valence-electron chi connectivity index (χ0n) is 10.7. The van der Waals surface area contributed by atoms with Gasteiger partial charge in [0.1, 0.15) is 11.3 Å². The van der Waals surface area contributed by atoms with Gasteiger partial charge in [0.15, 0.2) is 5.58 Å². The van der Waals surface area contributed by atoms with E-state index in [2.05, 4.69) is 4.98 Å². The number of nitrogens with zero attached hydrogens (tertiary/aromatic N) is 1. The molecule has 0 aliphatic carbocycles. The maximum Gasteiger partial charge on any atom is 0.335 e. The molecule has 3 rings (SSSR count). The van der Waals surface area contributed by atoms with Crippen LogP contribution in [0.4, 0.5) is 0 Å². The fourth-order valence-corrected chi connectivity index (χ4v) is 1.99. The van der Waals surface area contributed by atoms with E-state index in [9.17, 15) is 4.79 Å². The topological polar surface area (TPSA) is 72.6 Å². The monoisotopic (exact) mass is 269 g/mol. The van der Waals surface area contributed by atoms with Gasteiger partial charge < -0.3 is 14.3 Å². The Morgan fingerprint density at radius 1 is 1.25 bits per heavy atom. The maximum absolute atomic E-state index is 10.9. The summed E-state index contributed by atoms with van der Waals surface area (Å²) in [6, 6.07) is 11.9. The predicted octanol–water partition coefficient (Wildman–Crippen LogP) is 3.20. The molecule has 5 heteroatoms. The van der Waals surface area contributed by atoms with Gasteiger partial charge in [-0.1, -0.05) is 12.1 Å². The largest absolute Gasteiger partial charge is 0.496 e. The van der Waals surface area contributed by atoms with E-state index in [4.69, 9.17) is 14.3 Å². The van der Waals surface area contributed by atoms with Crippen LogP contribution in [0.25, 0.3) is 22.6 Å². The quantitative estimate of drug-likeness (QED) is 0.790. The van der Waals surface area contributed by atoms with Crippen molar-refractivity contribution in [3.63, 3.8) is 0 Å². The van der Waals surface area contributed by atoms with Crippen molar-refractivity contribution in [2.75, 3.05) is 7.11 Å². The van der Waals surface area contributed by atoms with Crippen molar-refractivity contribution >= 4 is 17.1 Å². The smallest absolute Gasteiger partial charge is 0.335 e. The minimum Gasteiger partial charge on any atom is -0.496 e. The molecule has 0 atom stereocenters. The highest BCUT2D eigenvalue weighted by Crippen LogP contribution is 2.31. The Hall–Kier alpha value is -2.82. The van der Waals surface area contributed by atoms with Crippen LogP contribution in [0.3, 0.4) is 0 Å². The Morgan fingerprint density at radius 3 is 2.80 bits per heavy atom. The highest BCUT2D eigenvalue weighted by Gasteiger charge is 2.14. The molecule has 0 aliphatic heterocycles. The lowest BCUT2D eigenvalue weighted by Gasteiger charge is -2.03. The number of fused-ring (bicyclic) bond motifs is 1. The SMILES string of the molecule is COc1ccccc1-c1nc2ccc(C(=O)O)cc2o1. The standard InChI is InChI=1S/C15H11NO4/c1-19-12-5-3-2-4-10(12)14-16-11-7-6-9(15(17)18)8-13(11)20-14/h2-8H,1H3,(H,17,18). The summed E-state index contributed by atoms with van der Waals surface area (Å²) in [6.07, 6.45) is 0. The molecule has 0 saturated heterocycles. The van der Waals surface area contributed by atoms with Gasteiger partial charge in [0.05, 0.1) is 18.2 Å². The number of carboxylic acid groups (broad SMARTS) is 1. The van der Waals surface area contributed by atoms with Gasteiger partial charge in [-0.25, -0.2) is 9.78 Å². The summed E-state index contributed by atoms with van der Waals surface area (Å²) < 4.78 is 10.9. The van der Waals surface area contributed by atoms with Crippen molar-refractivity contribution in [1.29, 1.82) is 0 Å². The number of oxazole rings is 1. The number of aromatic nitrogens is 1. The van der Waals surface area contributed by atoms with E-state index in [1.807, 2.05) is 24.3 Å². The Morgan fingerprint density at radius 2 is 2.05 bits per heavy atom. The molecule has 1 heterocycles. The molecule has 100 valence electrons. The molecule has 1 N–H and O–H groups in total. The molecule has 1 aromatic heterocycles. The molecular formula is C15H11NO4. The Bertz CT molecular complexity index is 791. The number of carboxylic acids is 1. The third-order valence-corrected chi connectivity index (χ3v) is 2.97. The minimum absolute atomic E-state index is 0.167. The van der Waals surface area contributed by atoms with Crippen LogP contribution in [0.15, 0.2) is 46.9 Å². The van der Waals surface area contributed by atoms with Crippen LogP contribution in [0, 0.1) is 0 Å².